The standard InChI is InChI=1S/C15H17BrO4/c1-2-20-15(19)13-7-3-5-11(6-4-10-16)12(13)8-9-14(17)18/h3,5,7-9H,2,4,6,10H2,1H3,(H,17,18)/b9-8+. The van der Waals surface area contributed by atoms with Gasteiger partial charge >= 0.3 is 11.9 Å². The number of carbonyl (C=O) groups is 2. The first-order chi connectivity index (χ1) is 9.60. The van der Waals surface area contributed by atoms with Crippen LogP contribution >= 0.6 is 15.9 Å². The monoisotopic (exact) mass is 340 g/mol. The van der Waals surface area contributed by atoms with E-state index in [4.69, 9.17) is 9.84 Å². The average molecular weight is 341 g/mol. The van der Waals surface area contributed by atoms with Gasteiger partial charge in [-0.15, -0.1) is 0 Å². The molecule has 0 amide bonds. The second-order valence-electron chi connectivity index (χ2n) is 4.06. The van der Waals surface area contributed by atoms with E-state index >= 15 is 0 Å². The third-order valence-electron chi connectivity index (χ3n) is 2.66. The van der Waals surface area contributed by atoms with Gasteiger partial charge < -0.3 is 9.84 Å². The molecule has 1 aromatic rings. The molecule has 0 bridgehead atoms. The molecular formula is C15H17BrO4. The second-order valence-corrected chi connectivity index (χ2v) is 4.86. The molecule has 0 unspecified atom stereocenters. The molecule has 0 atom stereocenters. The normalized spacial score (nSPS) is 10.7. The minimum Gasteiger partial charge on any atom is -0.478 e. The van der Waals surface area contributed by atoms with Crippen LogP contribution < -0.4 is 0 Å². The van der Waals surface area contributed by atoms with Crippen LogP contribution in [0.3, 0.4) is 0 Å². The average Bonchev–Trinajstić information content (AvgIpc) is 2.43. The number of aryl methyl sites for hydroxylation is 1. The molecule has 108 valence electrons. The van der Waals surface area contributed by atoms with Crippen molar-refractivity contribution in [1.29, 1.82) is 0 Å². The Balaban J connectivity index is 3.20. The first-order valence-electron chi connectivity index (χ1n) is 6.36. The van der Waals surface area contributed by atoms with Crippen LogP contribution in [-0.2, 0) is 16.0 Å². The van der Waals surface area contributed by atoms with E-state index in [1.165, 1.54) is 6.08 Å². The molecule has 0 radical (unpaired) electrons. The SMILES string of the molecule is CCOC(=O)c1cccc(CCCBr)c1/C=C/C(=O)O. The third-order valence-corrected chi connectivity index (χ3v) is 3.22. The lowest BCUT2D eigenvalue weighted by molar-refractivity contribution is -0.131. The lowest BCUT2D eigenvalue weighted by Crippen LogP contribution is -2.08. The predicted molar refractivity (Wildman–Crippen MR) is 81.2 cm³/mol. The summed E-state index contributed by atoms with van der Waals surface area (Å²) in [5, 5.41) is 9.61. The number of esters is 1. The third kappa shape index (κ3) is 4.81. The van der Waals surface area contributed by atoms with Crippen LogP contribution in [0.2, 0.25) is 0 Å². The minimum atomic E-state index is -1.05. The maximum atomic E-state index is 11.9. The first kappa shape index (κ1) is 16.4. The molecule has 20 heavy (non-hydrogen) atoms. The summed E-state index contributed by atoms with van der Waals surface area (Å²) in [6.07, 6.45) is 4.16. The molecular weight excluding hydrogens is 324 g/mol. The van der Waals surface area contributed by atoms with Crippen LogP contribution in [0.15, 0.2) is 24.3 Å². The molecule has 0 aromatic heterocycles. The minimum absolute atomic E-state index is 0.284. The summed E-state index contributed by atoms with van der Waals surface area (Å²) in [4.78, 5) is 22.6. The summed E-state index contributed by atoms with van der Waals surface area (Å²) in [5.41, 5.74) is 1.96. The van der Waals surface area contributed by atoms with E-state index < -0.39 is 11.9 Å². The van der Waals surface area contributed by atoms with Gasteiger partial charge in [0.25, 0.3) is 0 Å². The number of benzene rings is 1. The maximum Gasteiger partial charge on any atom is 0.338 e. The smallest absolute Gasteiger partial charge is 0.338 e. The number of hydrogen-bond donors (Lipinski definition) is 1. The summed E-state index contributed by atoms with van der Waals surface area (Å²) in [7, 11) is 0. The molecule has 0 fully saturated rings. The van der Waals surface area contributed by atoms with Gasteiger partial charge in [0.15, 0.2) is 0 Å². The number of rotatable bonds is 7. The Labute approximate surface area is 126 Å². The molecule has 0 heterocycles. The number of carboxylic acid groups (broad SMARTS) is 1. The molecule has 0 aliphatic rings. The van der Waals surface area contributed by atoms with E-state index in [1.54, 1.807) is 19.1 Å². The predicted octanol–water partition coefficient (Wildman–Crippen LogP) is 3.29. The summed E-state index contributed by atoms with van der Waals surface area (Å²) in [5.74, 6) is -1.48. The van der Waals surface area contributed by atoms with E-state index in [0.29, 0.717) is 11.1 Å². The fourth-order valence-corrected chi connectivity index (χ4v) is 2.11. The molecule has 1 rings (SSSR count). The van der Waals surface area contributed by atoms with E-state index in [9.17, 15) is 9.59 Å². The number of hydrogen-bond acceptors (Lipinski definition) is 3. The van der Waals surface area contributed by atoms with Crippen molar-refractivity contribution in [3.63, 3.8) is 0 Å². The Morgan fingerprint density at radius 1 is 1.40 bits per heavy atom. The van der Waals surface area contributed by atoms with Crippen LogP contribution in [0.1, 0.15) is 34.8 Å². The number of carboxylic acids is 1. The van der Waals surface area contributed by atoms with Crippen LogP contribution in [0.25, 0.3) is 6.08 Å². The van der Waals surface area contributed by atoms with E-state index in [2.05, 4.69) is 15.9 Å². The number of halogens is 1. The fourth-order valence-electron chi connectivity index (χ4n) is 1.83. The van der Waals surface area contributed by atoms with Crippen LogP contribution in [0, 0.1) is 0 Å². The molecule has 0 saturated carbocycles. The highest BCUT2D eigenvalue weighted by Crippen LogP contribution is 2.20. The van der Waals surface area contributed by atoms with Crippen LogP contribution in [0.5, 0.6) is 0 Å². The molecule has 5 heteroatoms. The highest BCUT2D eigenvalue weighted by molar-refractivity contribution is 9.09. The van der Waals surface area contributed by atoms with Gasteiger partial charge in [0, 0.05) is 11.4 Å². The Kier molecular flexibility index (Phi) is 7.01. The fraction of sp³-hybridized carbons (Fsp3) is 0.333. The second kappa shape index (κ2) is 8.53. The Bertz CT molecular complexity index is 509. The van der Waals surface area contributed by atoms with Crippen LogP contribution in [0.4, 0.5) is 0 Å². The first-order valence-corrected chi connectivity index (χ1v) is 7.48. The number of ether oxygens (including phenoxy) is 1. The van der Waals surface area contributed by atoms with Gasteiger partial charge in [0.05, 0.1) is 12.2 Å². The molecule has 4 nitrogen and oxygen atoms in total. The Morgan fingerprint density at radius 3 is 2.75 bits per heavy atom. The lowest BCUT2D eigenvalue weighted by Gasteiger charge is -2.10. The maximum absolute atomic E-state index is 11.9. The number of carbonyl (C=O) groups excluding carboxylic acids is 1. The van der Waals surface area contributed by atoms with Crippen molar-refractivity contribution in [3.8, 4) is 0 Å². The Morgan fingerprint density at radius 2 is 2.15 bits per heavy atom. The summed E-state index contributed by atoms with van der Waals surface area (Å²) < 4.78 is 5.01. The van der Waals surface area contributed by atoms with Crippen molar-refractivity contribution in [2.24, 2.45) is 0 Å². The van der Waals surface area contributed by atoms with Crippen molar-refractivity contribution in [2.75, 3.05) is 11.9 Å². The molecule has 1 N–H and O–H groups in total. The summed E-state index contributed by atoms with van der Waals surface area (Å²) in [6, 6.07) is 5.33. The van der Waals surface area contributed by atoms with Crippen molar-refractivity contribution in [2.45, 2.75) is 19.8 Å². The van der Waals surface area contributed by atoms with Gasteiger partial charge in [-0.1, -0.05) is 28.1 Å². The van der Waals surface area contributed by atoms with Crippen LogP contribution in [-0.4, -0.2) is 29.0 Å². The lowest BCUT2D eigenvalue weighted by atomic mass is 9.97. The molecule has 0 aliphatic carbocycles. The van der Waals surface area contributed by atoms with Gasteiger partial charge in [-0.2, -0.15) is 0 Å². The van der Waals surface area contributed by atoms with E-state index in [-0.39, 0.29) is 6.61 Å². The van der Waals surface area contributed by atoms with Gasteiger partial charge in [-0.3, -0.25) is 0 Å². The molecule has 0 saturated heterocycles. The van der Waals surface area contributed by atoms with Gasteiger partial charge in [-0.25, -0.2) is 9.59 Å². The van der Waals surface area contributed by atoms with E-state index in [0.717, 1.165) is 29.8 Å². The summed E-state index contributed by atoms with van der Waals surface area (Å²) in [6.45, 7) is 2.02. The quantitative estimate of drug-likeness (QED) is 0.470. The van der Waals surface area contributed by atoms with Crippen molar-refractivity contribution < 1.29 is 19.4 Å². The zero-order chi connectivity index (χ0) is 15.0. The topological polar surface area (TPSA) is 63.6 Å². The molecule has 1 aromatic carbocycles. The highest BCUT2D eigenvalue weighted by Gasteiger charge is 2.14. The van der Waals surface area contributed by atoms with Gasteiger partial charge in [0.1, 0.15) is 0 Å². The zero-order valence-electron chi connectivity index (χ0n) is 11.3. The molecule has 0 aliphatic heterocycles. The van der Waals surface area contributed by atoms with E-state index in [1.807, 2.05) is 6.07 Å². The van der Waals surface area contributed by atoms with Gasteiger partial charge in [0.2, 0.25) is 0 Å². The number of aliphatic carboxylic acids is 1. The van der Waals surface area contributed by atoms with Crippen molar-refractivity contribution >= 4 is 33.9 Å². The van der Waals surface area contributed by atoms with Crippen molar-refractivity contribution in [1.82, 2.24) is 0 Å². The Hall–Kier alpha value is -1.62. The highest BCUT2D eigenvalue weighted by atomic mass is 79.9. The molecule has 0 spiro atoms. The van der Waals surface area contributed by atoms with Crippen molar-refractivity contribution in [3.05, 3.63) is 41.0 Å². The number of alkyl halides is 1. The zero-order valence-corrected chi connectivity index (χ0v) is 12.9. The largest absolute Gasteiger partial charge is 0.478 e. The summed E-state index contributed by atoms with van der Waals surface area (Å²) >= 11 is 3.36. The van der Waals surface area contributed by atoms with Gasteiger partial charge in [-0.05, 0) is 43.0 Å².